The van der Waals surface area contributed by atoms with Gasteiger partial charge in [0.1, 0.15) is 10.8 Å². The number of pyridine rings is 1. The highest BCUT2D eigenvalue weighted by Crippen LogP contribution is 2.27. The van der Waals surface area contributed by atoms with E-state index >= 15 is 0 Å². The van der Waals surface area contributed by atoms with Crippen LogP contribution in [0.15, 0.2) is 71.0 Å². The lowest BCUT2D eigenvalue weighted by Crippen LogP contribution is -2.10. The SMILES string of the molecule is CCNCc1cc(S(=O)(=O)c2cccnc2)n(-c2ccccc2F)c1. The van der Waals surface area contributed by atoms with Gasteiger partial charge in [-0.3, -0.25) is 4.98 Å². The first-order valence-corrected chi connectivity index (χ1v) is 9.34. The van der Waals surface area contributed by atoms with Crippen molar-refractivity contribution < 1.29 is 12.8 Å². The van der Waals surface area contributed by atoms with E-state index in [1.54, 1.807) is 36.5 Å². The Morgan fingerprint density at radius 2 is 2.00 bits per heavy atom. The second kappa shape index (κ2) is 7.16. The van der Waals surface area contributed by atoms with Crippen LogP contribution in [0, 0.1) is 5.82 Å². The van der Waals surface area contributed by atoms with Crippen LogP contribution >= 0.6 is 0 Å². The second-order valence-corrected chi connectivity index (χ2v) is 7.38. The Morgan fingerprint density at radius 3 is 2.68 bits per heavy atom. The van der Waals surface area contributed by atoms with E-state index in [9.17, 15) is 12.8 Å². The van der Waals surface area contributed by atoms with Gasteiger partial charge in [-0.15, -0.1) is 0 Å². The maximum atomic E-state index is 14.3. The highest BCUT2D eigenvalue weighted by Gasteiger charge is 2.24. The maximum absolute atomic E-state index is 14.3. The van der Waals surface area contributed by atoms with Crippen molar-refractivity contribution in [3.8, 4) is 5.69 Å². The fourth-order valence-electron chi connectivity index (χ4n) is 2.53. The molecule has 2 aromatic heterocycles. The van der Waals surface area contributed by atoms with E-state index in [0.717, 1.165) is 12.1 Å². The van der Waals surface area contributed by atoms with Crippen LogP contribution in [0.4, 0.5) is 4.39 Å². The van der Waals surface area contributed by atoms with Crippen molar-refractivity contribution in [3.05, 3.63) is 72.4 Å². The Hall–Kier alpha value is -2.51. The van der Waals surface area contributed by atoms with Crippen molar-refractivity contribution in [2.45, 2.75) is 23.4 Å². The number of nitrogens with one attached hydrogen (secondary N) is 1. The Balaban J connectivity index is 2.18. The summed E-state index contributed by atoms with van der Waals surface area (Å²) in [6, 6.07) is 10.7. The summed E-state index contributed by atoms with van der Waals surface area (Å²) in [6.07, 6.45) is 4.44. The Labute approximate surface area is 146 Å². The Kier molecular flexibility index (Phi) is 4.96. The average Bonchev–Trinajstić information content (AvgIpc) is 3.06. The van der Waals surface area contributed by atoms with Gasteiger partial charge in [-0.1, -0.05) is 19.1 Å². The van der Waals surface area contributed by atoms with E-state index in [1.807, 2.05) is 6.92 Å². The summed E-state index contributed by atoms with van der Waals surface area (Å²) < 4.78 is 41.7. The molecule has 7 heteroatoms. The number of halogens is 1. The molecule has 0 atom stereocenters. The van der Waals surface area contributed by atoms with Crippen LogP contribution in [0.3, 0.4) is 0 Å². The van der Waals surface area contributed by atoms with Crippen LogP contribution in [-0.2, 0) is 16.4 Å². The van der Waals surface area contributed by atoms with E-state index in [1.165, 1.54) is 29.1 Å². The predicted molar refractivity (Wildman–Crippen MR) is 92.8 cm³/mol. The van der Waals surface area contributed by atoms with Gasteiger partial charge in [0.2, 0.25) is 9.84 Å². The van der Waals surface area contributed by atoms with Crippen molar-refractivity contribution in [3.63, 3.8) is 0 Å². The third kappa shape index (κ3) is 3.47. The molecule has 0 aliphatic carbocycles. The summed E-state index contributed by atoms with van der Waals surface area (Å²) >= 11 is 0. The second-order valence-electron chi connectivity index (χ2n) is 5.48. The molecule has 0 fully saturated rings. The molecule has 0 aliphatic heterocycles. The fraction of sp³-hybridized carbons (Fsp3) is 0.167. The molecular weight excluding hydrogens is 341 g/mol. The first-order valence-electron chi connectivity index (χ1n) is 7.86. The summed E-state index contributed by atoms with van der Waals surface area (Å²) in [5.41, 5.74) is 0.945. The van der Waals surface area contributed by atoms with Crippen LogP contribution in [0.2, 0.25) is 0 Å². The molecule has 1 N–H and O–H groups in total. The van der Waals surface area contributed by atoms with Gasteiger partial charge in [0.15, 0.2) is 0 Å². The van der Waals surface area contributed by atoms with Gasteiger partial charge in [-0.25, -0.2) is 12.8 Å². The van der Waals surface area contributed by atoms with Crippen LogP contribution in [0.5, 0.6) is 0 Å². The van der Waals surface area contributed by atoms with Crippen LogP contribution < -0.4 is 5.32 Å². The molecule has 0 unspecified atom stereocenters. The predicted octanol–water partition coefficient (Wildman–Crippen LogP) is 2.95. The summed E-state index contributed by atoms with van der Waals surface area (Å²) in [6.45, 7) is 3.20. The van der Waals surface area contributed by atoms with Crippen LogP contribution in [0.25, 0.3) is 5.69 Å². The third-order valence-electron chi connectivity index (χ3n) is 3.75. The van der Waals surface area contributed by atoms with Gasteiger partial charge in [-0.05, 0) is 42.4 Å². The van der Waals surface area contributed by atoms with E-state index in [0.29, 0.717) is 6.54 Å². The van der Waals surface area contributed by atoms with E-state index < -0.39 is 15.7 Å². The fourth-order valence-corrected chi connectivity index (χ4v) is 3.95. The topological polar surface area (TPSA) is 64.0 Å². The number of sulfone groups is 1. The van der Waals surface area contributed by atoms with E-state index in [2.05, 4.69) is 10.3 Å². The number of hydrogen-bond donors (Lipinski definition) is 1. The lowest BCUT2D eigenvalue weighted by atomic mass is 10.3. The van der Waals surface area contributed by atoms with Crippen molar-refractivity contribution in [2.24, 2.45) is 0 Å². The highest BCUT2D eigenvalue weighted by molar-refractivity contribution is 7.91. The minimum atomic E-state index is -3.83. The normalized spacial score (nSPS) is 11.6. The zero-order valence-electron chi connectivity index (χ0n) is 13.7. The lowest BCUT2D eigenvalue weighted by molar-refractivity contribution is 0.584. The minimum Gasteiger partial charge on any atom is -0.313 e. The molecule has 0 aliphatic rings. The average molecular weight is 359 g/mol. The summed E-state index contributed by atoms with van der Waals surface area (Å²) in [7, 11) is -3.83. The highest BCUT2D eigenvalue weighted by atomic mass is 32.2. The monoisotopic (exact) mass is 359 g/mol. The molecule has 130 valence electrons. The van der Waals surface area contributed by atoms with Crippen molar-refractivity contribution >= 4 is 9.84 Å². The number of rotatable bonds is 6. The number of para-hydroxylation sites is 1. The van der Waals surface area contributed by atoms with Gasteiger partial charge in [0.25, 0.3) is 0 Å². The molecule has 0 amide bonds. The van der Waals surface area contributed by atoms with Gasteiger partial charge >= 0.3 is 0 Å². The van der Waals surface area contributed by atoms with Crippen molar-refractivity contribution in [2.75, 3.05) is 6.54 Å². The van der Waals surface area contributed by atoms with E-state index in [4.69, 9.17) is 0 Å². The van der Waals surface area contributed by atoms with Gasteiger partial charge in [-0.2, -0.15) is 0 Å². The molecule has 1 aromatic carbocycles. The Morgan fingerprint density at radius 1 is 1.20 bits per heavy atom. The molecule has 0 saturated heterocycles. The molecular formula is C18H18FN3O2S. The number of hydrogen-bond acceptors (Lipinski definition) is 4. The van der Waals surface area contributed by atoms with Crippen molar-refractivity contribution in [1.82, 2.24) is 14.9 Å². The van der Waals surface area contributed by atoms with Crippen LogP contribution in [-0.4, -0.2) is 24.5 Å². The van der Waals surface area contributed by atoms with Gasteiger partial charge < -0.3 is 9.88 Å². The molecule has 3 aromatic rings. The first-order chi connectivity index (χ1) is 12.0. The molecule has 0 radical (unpaired) electrons. The Bertz CT molecular complexity index is 969. The summed E-state index contributed by atoms with van der Waals surface area (Å²) in [5, 5.41) is 3.16. The number of aromatic nitrogens is 2. The quantitative estimate of drug-likeness (QED) is 0.735. The van der Waals surface area contributed by atoms with Gasteiger partial charge in [0, 0.05) is 25.1 Å². The summed E-state index contributed by atoms with van der Waals surface area (Å²) in [5.74, 6) is -0.490. The standard InChI is InChI=1S/C18H18FN3O2S/c1-2-20-11-14-10-18(25(23,24)15-6-5-9-21-12-15)22(13-14)17-8-4-3-7-16(17)19/h3-10,12-13,20H,2,11H2,1H3. The number of nitrogens with zero attached hydrogens (tertiary/aromatic N) is 2. The minimum absolute atomic E-state index is 0.0125. The third-order valence-corrected chi connectivity index (χ3v) is 5.48. The number of benzene rings is 1. The zero-order valence-corrected chi connectivity index (χ0v) is 14.5. The molecule has 3 rings (SSSR count). The first kappa shape index (κ1) is 17.3. The molecule has 0 spiro atoms. The molecule has 0 bridgehead atoms. The smallest absolute Gasteiger partial charge is 0.223 e. The molecule has 5 nitrogen and oxygen atoms in total. The molecule has 25 heavy (non-hydrogen) atoms. The lowest BCUT2D eigenvalue weighted by Gasteiger charge is -2.10. The van der Waals surface area contributed by atoms with E-state index in [-0.39, 0.29) is 15.6 Å². The zero-order chi connectivity index (χ0) is 17.9. The van der Waals surface area contributed by atoms with Crippen LogP contribution in [0.1, 0.15) is 12.5 Å². The largest absolute Gasteiger partial charge is 0.313 e. The van der Waals surface area contributed by atoms with Gasteiger partial charge in [0.05, 0.1) is 10.6 Å². The summed E-state index contributed by atoms with van der Waals surface area (Å²) in [4.78, 5) is 3.95. The maximum Gasteiger partial charge on any atom is 0.223 e. The molecule has 0 saturated carbocycles. The molecule has 2 heterocycles. The van der Waals surface area contributed by atoms with Crippen molar-refractivity contribution in [1.29, 1.82) is 0 Å².